The number of sulfonamides is 1. The highest BCUT2D eigenvalue weighted by atomic mass is 32.2. The molecule has 1 atom stereocenters. The van der Waals surface area contributed by atoms with E-state index in [2.05, 4.69) is 22.2 Å². The average Bonchev–Trinajstić information content (AvgIpc) is 2.54. The third-order valence-corrected chi connectivity index (χ3v) is 4.55. The van der Waals surface area contributed by atoms with Gasteiger partial charge in [-0.3, -0.25) is 9.52 Å². The Hall–Kier alpha value is -2.34. The number of amides is 1. The fraction of sp³-hybridized carbons (Fsp3) is 0.316. The number of hydrogen-bond acceptors (Lipinski definition) is 3. The van der Waals surface area contributed by atoms with Crippen molar-refractivity contribution < 1.29 is 13.2 Å². The van der Waals surface area contributed by atoms with E-state index < -0.39 is 10.0 Å². The molecular formula is C19H24N2O3S. The van der Waals surface area contributed by atoms with Gasteiger partial charge in [0.05, 0.1) is 11.9 Å². The van der Waals surface area contributed by atoms with E-state index in [9.17, 15) is 13.2 Å². The van der Waals surface area contributed by atoms with Crippen molar-refractivity contribution in [1.29, 1.82) is 0 Å². The van der Waals surface area contributed by atoms with E-state index in [1.807, 2.05) is 25.1 Å². The molecule has 2 N–H and O–H groups in total. The van der Waals surface area contributed by atoms with Crippen LogP contribution < -0.4 is 10.0 Å². The van der Waals surface area contributed by atoms with Crippen LogP contribution in [0.25, 0.3) is 0 Å². The maximum absolute atomic E-state index is 12.5. The number of rotatable bonds is 7. The van der Waals surface area contributed by atoms with E-state index in [0.29, 0.717) is 16.8 Å². The van der Waals surface area contributed by atoms with Gasteiger partial charge in [-0.15, -0.1) is 0 Å². The summed E-state index contributed by atoms with van der Waals surface area (Å²) in [5.74, 6) is -0.199. The third-order valence-electron chi connectivity index (χ3n) is 3.96. The van der Waals surface area contributed by atoms with Crippen molar-refractivity contribution in [1.82, 2.24) is 5.32 Å². The van der Waals surface area contributed by atoms with Crippen LogP contribution in [-0.4, -0.2) is 26.6 Å². The molecule has 0 aliphatic carbocycles. The van der Waals surface area contributed by atoms with Gasteiger partial charge in [-0.25, -0.2) is 8.42 Å². The lowest BCUT2D eigenvalue weighted by molar-refractivity contribution is 0.0938. The minimum absolute atomic E-state index is 0.0126. The van der Waals surface area contributed by atoms with Gasteiger partial charge in [0.1, 0.15) is 0 Å². The van der Waals surface area contributed by atoms with E-state index in [4.69, 9.17) is 0 Å². The Morgan fingerprint density at radius 3 is 2.40 bits per heavy atom. The molecule has 0 bridgehead atoms. The van der Waals surface area contributed by atoms with Gasteiger partial charge in [0, 0.05) is 11.6 Å². The Balaban J connectivity index is 2.01. The van der Waals surface area contributed by atoms with Gasteiger partial charge in [0.2, 0.25) is 10.0 Å². The van der Waals surface area contributed by atoms with E-state index in [0.717, 1.165) is 19.1 Å². The van der Waals surface area contributed by atoms with Crippen LogP contribution in [0.1, 0.15) is 34.8 Å². The van der Waals surface area contributed by atoms with Crippen LogP contribution >= 0.6 is 0 Å². The van der Waals surface area contributed by atoms with Gasteiger partial charge in [0.15, 0.2) is 0 Å². The fourth-order valence-corrected chi connectivity index (χ4v) is 3.21. The fourth-order valence-electron chi connectivity index (χ4n) is 2.59. The first-order chi connectivity index (χ1) is 11.8. The van der Waals surface area contributed by atoms with Crippen LogP contribution in [0.4, 0.5) is 5.69 Å². The Labute approximate surface area is 149 Å². The lowest BCUT2D eigenvalue weighted by Gasteiger charge is -2.16. The predicted octanol–water partition coefficient (Wildman–Crippen LogP) is 3.12. The highest BCUT2D eigenvalue weighted by Gasteiger charge is 2.15. The molecule has 0 spiro atoms. The minimum Gasteiger partial charge on any atom is -0.350 e. The van der Waals surface area contributed by atoms with Crippen LogP contribution in [0.5, 0.6) is 0 Å². The molecule has 25 heavy (non-hydrogen) atoms. The predicted molar refractivity (Wildman–Crippen MR) is 101 cm³/mol. The summed E-state index contributed by atoms with van der Waals surface area (Å²) < 4.78 is 25.3. The van der Waals surface area contributed by atoms with E-state index >= 15 is 0 Å². The molecule has 0 saturated heterocycles. The molecule has 2 aromatic carbocycles. The average molecular weight is 360 g/mol. The van der Waals surface area contributed by atoms with E-state index in [-0.39, 0.29) is 11.9 Å². The first kappa shape index (κ1) is 19.0. The van der Waals surface area contributed by atoms with Crippen molar-refractivity contribution >= 4 is 21.6 Å². The number of anilines is 1. The molecule has 1 amide bonds. The number of carbonyl (C=O) groups is 1. The molecular weight excluding hydrogens is 336 g/mol. The van der Waals surface area contributed by atoms with Gasteiger partial charge in [0.25, 0.3) is 5.91 Å². The van der Waals surface area contributed by atoms with Gasteiger partial charge in [-0.2, -0.15) is 0 Å². The molecule has 134 valence electrons. The molecule has 2 rings (SSSR count). The molecule has 0 aliphatic rings. The SMILES string of the molecule is Cc1c(NS(C)(=O)=O)cccc1C(=O)N[C@@H](C)CCc1ccccc1. The molecule has 0 fully saturated rings. The maximum atomic E-state index is 12.5. The van der Waals surface area contributed by atoms with Crippen LogP contribution in [0.2, 0.25) is 0 Å². The Morgan fingerprint density at radius 1 is 1.08 bits per heavy atom. The van der Waals surface area contributed by atoms with Crippen molar-refractivity contribution in [2.75, 3.05) is 11.0 Å². The van der Waals surface area contributed by atoms with Crippen molar-refractivity contribution in [2.45, 2.75) is 32.7 Å². The summed E-state index contributed by atoms with van der Waals surface area (Å²) in [6, 6.07) is 15.1. The minimum atomic E-state index is -3.39. The van der Waals surface area contributed by atoms with Gasteiger partial charge < -0.3 is 5.32 Å². The number of benzene rings is 2. The Morgan fingerprint density at radius 2 is 1.76 bits per heavy atom. The quantitative estimate of drug-likeness (QED) is 0.796. The largest absolute Gasteiger partial charge is 0.350 e. The van der Waals surface area contributed by atoms with Crippen LogP contribution in [0, 0.1) is 6.92 Å². The molecule has 0 saturated carbocycles. The van der Waals surface area contributed by atoms with Crippen LogP contribution in [0.15, 0.2) is 48.5 Å². The van der Waals surface area contributed by atoms with E-state index in [1.165, 1.54) is 5.56 Å². The number of carbonyl (C=O) groups excluding carboxylic acids is 1. The first-order valence-corrected chi connectivity index (χ1v) is 10.1. The first-order valence-electron chi connectivity index (χ1n) is 8.18. The van der Waals surface area contributed by atoms with E-state index in [1.54, 1.807) is 25.1 Å². The standard InChI is InChI=1S/C19H24N2O3S/c1-14(12-13-16-8-5-4-6-9-16)20-19(22)17-10-7-11-18(15(17)2)21-25(3,23)24/h4-11,14,21H,12-13H2,1-3H3,(H,20,22)/t14-/m0/s1. The molecule has 6 heteroatoms. The lowest BCUT2D eigenvalue weighted by atomic mass is 10.0. The summed E-state index contributed by atoms with van der Waals surface area (Å²) in [6.45, 7) is 3.70. The summed E-state index contributed by atoms with van der Waals surface area (Å²) in [5.41, 5.74) is 2.74. The molecule has 5 nitrogen and oxygen atoms in total. The zero-order chi connectivity index (χ0) is 18.4. The molecule has 0 heterocycles. The zero-order valence-electron chi connectivity index (χ0n) is 14.7. The molecule has 0 aliphatic heterocycles. The molecule has 0 aromatic heterocycles. The van der Waals surface area contributed by atoms with Crippen molar-refractivity contribution in [3.8, 4) is 0 Å². The van der Waals surface area contributed by atoms with Crippen molar-refractivity contribution in [3.63, 3.8) is 0 Å². The number of aryl methyl sites for hydroxylation is 1. The Bertz CT molecular complexity index is 833. The smallest absolute Gasteiger partial charge is 0.251 e. The maximum Gasteiger partial charge on any atom is 0.251 e. The highest BCUT2D eigenvalue weighted by Crippen LogP contribution is 2.20. The zero-order valence-corrected chi connectivity index (χ0v) is 15.6. The second kappa shape index (κ2) is 8.16. The monoisotopic (exact) mass is 360 g/mol. The number of nitrogens with one attached hydrogen (secondary N) is 2. The lowest BCUT2D eigenvalue weighted by Crippen LogP contribution is -2.33. The number of hydrogen-bond donors (Lipinski definition) is 2. The second-order valence-corrected chi connectivity index (χ2v) is 8.00. The summed E-state index contributed by atoms with van der Waals surface area (Å²) in [6.07, 6.45) is 2.80. The molecule has 0 radical (unpaired) electrons. The molecule has 2 aromatic rings. The third kappa shape index (κ3) is 5.90. The Kier molecular flexibility index (Phi) is 6.20. The van der Waals surface area contributed by atoms with Crippen molar-refractivity contribution in [3.05, 3.63) is 65.2 Å². The summed E-state index contributed by atoms with van der Waals surface area (Å²) >= 11 is 0. The van der Waals surface area contributed by atoms with Crippen molar-refractivity contribution in [2.24, 2.45) is 0 Å². The summed E-state index contributed by atoms with van der Waals surface area (Å²) in [7, 11) is -3.39. The highest BCUT2D eigenvalue weighted by molar-refractivity contribution is 7.92. The van der Waals surface area contributed by atoms with Gasteiger partial charge in [-0.05, 0) is 49.9 Å². The van der Waals surface area contributed by atoms with Crippen LogP contribution in [-0.2, 0) is 16.4 Å². The van der Waals surface area contributed by atoms with Gasteiger partial charge >= 0.3 is 0 Å². The second-order valence-electron chi connectivity index (χ2n) is 6.25. The molecule has 0 unspecified atom stereocenters. The van der Waals surface area contributed by atoms with Gasteiger partial charge in [-0.1, -0.05) is 36.4 Å². The summed E-state index contributed by atoms with van der Waals surface area (Å²) in [5, 5.41) is 2.98. The topological polar surface area (TPSA) is 75.3 Å². The summed E-state index contributed by atoms with van der Waals surface area (Å²) in [4.78, 5) is 12.5. The normalized spacial score (nSPS) is 12.4. The van der Waals surface area contributed by atoms with Crippen LogP contribution in [0.3, 0.4) is 0 Å².